The lowest BCUT2D eigenvalue weighted by Gasteiger charge is -2.09. The number of benzene rings is 1. The summed E-state index contributed by atoms with van der Waals surface area (Å²) in [7, 11) is 1.45. The van der Waals surface area contributed by atoms with Crippen LogP contribution in [-0.4, -0.2) is 56.4 Å². The van der Waals surface area contributed by atoms with Gasteiger partial charge in [-0.05, 0) is 50.6 Å². The highest BCUT2D eigenvalue weighted by molar-refractivity contribution is 7.18. The van der Waals surface area contributed by atoms with E-state index in [9.17, 15) is 24.0 Å². The fourth-order valence-electron chi connectivity index (χ4n) is 2.66. The number of rotatable bonds is 10. The molecule has 176 valence electrons. The lowest BCUT2D eigenvalue weighted by Crippen LogP contribution is -2.24. The van der Waals surface area contributed by atoms with Crippen LogP contribution in [0.4, 0.5) is 5.00 Å². The molecule has 2 N–H and O–H groups in total. The highest BCUT2D eigenvalue weighted by Crippen LogP contribution is 2.33. The van der Waals surface area contributed by atoms with E-state index < -0.39 is 37.0 Å². The van der Waals surface area contributed by atoms with Crippen molar-refractivity contribution in [3.8, 4) is 5.75 Å². The van der Waals surface area contributed by atoms with E-state index in [1.165, 1.54) is 26.1 Å². The molecule has 0 saturated carbocycles. The van der Waals surface area contributed by atoms with E-state index in [1.807, 2.05) is 0 Å². The molecule has 2 rings (SSSR count). The van der Waals surface area contributed by atoms with Gasteiger partial charge in [0.05, 0.1) is 17.0 Å². The summed E-state index contributed by atoms with van der Waals surface area (Å²) in [6, 6.07) is 6.20. The van der Waals surface area contributed by atoms with Gasteiger partial charge in [-0.15, -0.1) is 11.3 Å². The topological polar surface area (TPSA) is 137 Å². The predicted octanol–water partition coefficient (Wildman–Crippen LogP) is 2.36. The Labute approximate surface area is 194 Å². The van der Waals surface area contributed by atoms with Crippen molar-refractivity contribution < 1.29 is 38.2 Å². The summed E-state index contributed by atoms with van der Waals surface area (Å²) in [4.78, 5) is 60.1. The maximum Gasteiger partial charge on any atom is 0.344 e. The average molecular weight is 477 g/mol. The zero-order valence-electron chi connectivity index (χ0n) is 18.6. The lowest BCUT2D eigenvalue weighted by molar-refractivity contribution is -0.149. The summed E-state index contributed by atoms with van der Waals surface area (Å²) < 4.78 is 15.2. The lowest BCUT2D eigenvalue weighted by atomic mass is 10.1. The number of carbonyl (C=O) groups is 5. The van der Waals surface area contributed by atoms with Crippen LogP contribution < -0.4 is 15.4 Å². The molecule has 0 unspecified atom stereocenters. The van der Waals surface area contributed by atoms with Crippen LogP contribution in [0.1, 0.15) is 49.8 Å². The van der Waals surface area contributed by atoms with Crippen LogP contribution in [0.2, 0.25) is 0 Å². The van der Waals surface area contributed by atoms with Gasteiger partial charge in [-0.25, -0.2) is 9.59 Å². The molecule has 0 bridgehead atoms. The van der Waals surface area contributed by atoms with Gasteiger partial charge < -0.3 is 24.8 Å². The average Bonchev–Trinajstić information content (AvgIpc) is 3.11. The zero-order valence-corrected chi connectivity index (χ0v) is 19.4. The van der Waals surface area contributed by atoms with E-state index in [4.69, 9.17) is 14.2 Å². The Hall–Kier alpha value is -3.73. The van der Waals surface area contributed by atoms with Crippen molar-refractivity contribution in [3.63, 3.8) is 0 Å². The van der Waals surface area contributed by atoms with Crippen molar-refractivity contribution in [2.24, 2.45) is 0 Å². The molecule has 0 spiro atoms. The van der Waals surface area contributed by atoms with E-state index in [-0.39, 0.29) is 27.8 Å². The highest BCUT2D eigenvalue weighted by atomic mass is 32.1. The quantitative estimate of drug-likeness (QED) is 0.394. The Morgan fingerprint density at radius 2 is 1.67 bits per heavy atom. The molecule has 1 heterocycles. The molecule has 0 aliphatic carbocycles. The first kappa shape index (κ1) is 25.5. The highest BCUT2D eigenvalue weighted by Gasteiger charge is 2.26. The number of hydrogen-bond acceptors (Lipinski definition) is 9. The van der Waals surface area contributed by atoms with Gasteiger partial charge in [0.1, 0.15) is 10.8 Å². The van der Waals surface area contributed by atoms with E-state index in [0.29, 0.717) is 16.9 Å². The Kier molecular flexibility index (Phi) is 9.10. The number of esters is 2. The molecule has 2 amide bonds. The summed E-state index contributed by atoms with van der Waals surface area (Å²) in [6.07, 6.45) is 0. The maximum atomic E-state index is 12.3. The number of ketones is 1. The molecule has 11 heteroatoms. The van der Waals surface area contributed by atoms with Crippen LogP contribution in [0.15, 0.2) is 24.3 Å². The second-order valence-corrected chi connectivity index (χ2v) is 7.66. The first-order chi connectivity index (χ1) is 15.7. The van der Waals surface area contributed by atoms with Gasteiger partial charge in [0.15, 0.2) is 19.0 Å². The molecular formula is C22H24N2O8S. The molecule has 1 aromatic carbocycles. The molecule has 0 fully saturated rings. The van der Waals surface area contributed by atoms with E-state index in [0.717, 1.165) is 11.3 Å². The first-order valence-corrected chi connectivity index (χ1v) is 10.7. The van der Waals surface area contributed by atoms with E-state index >= 15 is 0 Å². The van der Waals surface area contributed by atoms with E-state index in [1.54, 1.807) is 26.0 Å². The van der Waals surface area contributed by atoms with Crippen molar-refractivity contribution in [2.45, 2.75) is 20.8 Å². The van der Waals surface area contributed by atoms with Crippen LogP contribution in [0.3, 0.4) is 0 Å². The summed E-state index contributed by atoms with van der Waals surface area (Å²) in [5.41, 5.74) is 0.943. The van der Waals surface area contributed by atoms with Gasteiger partial charge in [0, 0.05) is 12.6 Å². The largest absolute Gasteiger partial charge is 0.482 e. The number of amides is 2. The summed E-state index contributed by atoms with van der Waals surface area (Å²) in [6.45, 7) is 3.69. The number of nitrogens with one attached hydrogen (secondary N) is 2. The number of carbonyl (C=O) groups excluding carboxylic acids is 5. The number of Topliss-reactive ketones (excluding diaryl/α,β-unsaturated/α-hetero) is 1. The smallest absolute Gasteiger partial charge is 0.344 e. The summed E-state index contributed by atoms with van der Waals surface area (Å²) in [5, 5.41) is 5.07. The minimum absolute atomic E-state index is 0.0671. The molecular weight excluding hydrogens is 452 g/mol. The minimum atomic E-state index is -0.792. The molecule has 0 saturated heterocycles. The van der Waals surface area contributed by atoms with Crippen molar-refractivity contribution >= 4 is 45.9 Å². The molecule has 2 aromatic rings. The molecule has 1 aromatic heterocycles. The van der Waals surface area contributed by atoms with Gasteiger partial charge in [0.2, 0.25) is 0 Å². The third-order valence-electron chi connectivity index (χ3n) is 4.29. The van der Waals surface area contributed by atoms with Gasteiger partial charge in [-0.2, -0.15) is 0 Å². The number of thiophene rings is 1. The molecule has 0 aliphatic heterocycles. The van der Waals surface area contributed by atoms with Crippen molar-refractivity contribution in [2.75, 3.05) is 32.2 Å². The minimum Gasteiger partial charge on any atom is -0.482 e. The standard InChI is InChI=1S/C22H24N2O8S/c1-5-30-22(29)18-12(2)19(20(28)23-4)33-21(18)24-16(26)10-32-17(27)11-31-15-8-6-14(7-9-15)13(3)25/h6-9H,5,10-11H2,1-4H3,(H,23,28)(H,24,26). The predicted molar refractivity (Wildman–Crippen MR) is 120 cm³/mol. The fourth-order valence-corrected chi connectivity index (χ4v) is 3.82. The normalized spacial score (nSPS) is 10.2. The van der Waals surface area contributed by atoms with Crippen LogP contribution in [0.5, 0.6) is 5.75 Å². The van der Waals surface area contributed by atoms with Crippen LogP contribution in [-0.2, 0) is 19.1 Å². The SMILES string of the molecule is CCOC(=O)c1c(NC(=O)COC(=O)COc2ccc(C(C)=O)cc2)sc(C(=O)NC)c1C. The zero-order chi connectivity index (χ0) is 24.5. The Morgan fingerprint density at radius 1 is 1.00 bits per heavy atom. The summed E-state index contributed by atoms with van der Waals surface area (Å²) in [5.74, 6) is -2.33. The van der Waals surface area contributed by atoms with E-state index in [2.05, 4.69) is 10.6 Å². The van der Waals surface area contributed by atoms with Crippen molar-refractivity contribution in [1.82, 2.24) is 5.32 Å². The first-order valence-electron chi connectivity index (χ1n) is 9.89. The monoisotopic (exact) mass is 476 g/mol. The van der Waals surface area contributed by atoms with Gasteiger partial charge >= 0.3 is 11.9 Å². The summed E-state index contributed by atoms with van der Waals surface area (Å²) >= 11 is 0.912. The number of ether oxygens (including phenoxy) is 3. The molecule has 0 aliphatic rings. The van der Waals surface area contributed by atoms with Gasteiger partial charge in [-0.3, -0.25) is 14.4 Å². The molecule has 0 radical (unpaired) electrons. The van der Waals surface area contributed by atoms with Gasteiger partial charge in [0.25, 0.3) is 11.8 Å². The number of hydrogen-bond donors (Lipinski definition) is 2. The second-order valence-electron chi connectivity index (χ2n) is 6.64. The fraction of sp³-hybridized carbons (Fsp3) is 0.318. The van der Waals surface area contributed by atoms with Crippen molar-refractivity contribution in [1.29, 1.82) is 0 Å². The van der Waals surface area contributed by atoms with Crippen molar-refractivity contribution in [3.05, 3.63) is 45.8 Å². The maximum absolute atomic E-state index is 12.3. The Balaban J connectivity index is 1.96. The third-order valence-corrected chi connectivity index (χ3v) is 5.50. The molecule has 10 nitrogen and oxygen atoms in total. The third kappa shape index (κ3) is 6.88. The van der Waals surface area contributed by atoms with Crippen LogP contribution in [0, 0.1) is 6.92 Å². The van der Waals surface area contributed by atoms with Crippen LogP contribution in [0.25, 0.3) is 0 Å². The Morgan fingerprint density at radius 3 is 2.24 bits per heavy atom. The Bertz CT molecular complexity index is 1060. The molecule has 0 atom stereocenters. The van der Waals surface area contributed by atoms with Gasteiger partial charge in [-0.1, -0.05) is 0 Å². The van der Waals surface area contributed by atoms with Crippen LogP contribution >= 0.6 is 11.3 Å². The second kappa shape index (κ2) is 11.8. The number of anilines is 1. The molecule has 33 heavy (non-hydrogen) atoms.